The van der Waals surface area contributed by atoms with Crippen LogP contribution in [0, 0.1) is 17.2 Å². The minimum atomic E-state index is -1.06. The maximum absolute atomic E-state index is 12.2. The van der Waals surface area contributed by atoms with Crippen molar-refractivity contribution in [1.82, 2.24) is 15.3 Å². The zero-order chi connectivity index (χ0) is 18.3. The van der Waals surface area contributed by atoms with E-state index in [0.717, 1.165) is 28.6 Å². The summed E-state index contributed by atoms with van der Waals surface area (Å²) in [4.78, 5) is 19.6. The molecule has 3 N–H and O–H groups in total. The molecule has 0 saturated carbocycles. The van der Waals surface area contributed by atoms with Gasteiger partial charge in [0.25, 0.3) is 0 Å². The molecule has 1 fully saturated rings. The molecule has 132 valence electrons. The quantitative estimate of drug-likeness (QED) is 0.725. The fourth-order valence-electron chi connectivity index (χ4n) is 3.95. The Bertz CT molecular complexity index is 932. The number of Topliss-reactive ketones (excluding diaryl/α,β-unsaturated/α-hetero) is 1. The summed E-state index contributed by atoms with van der Waals surface area (Å²) in [5.74, 6) is 2.41. The summed E-state index contributed by atoms with van der Waals surface area (Å²) in [7, 11) is -1.06. The lowest BCUT2D eigenvalue weighted by atomic mass is 9.74. The molecule has 1 saturated heterocycles. The van der Waals surface area contributed by atoms with Gasteiger partial charge in [0.2, 0.25) is 0 Å². The minimum Gasteiger partial charge on any atom is -0.531 e. The summed E-state index contributed by atoms with van der Waals surface area (Å²) in [6.45, 7) is 2.13. The Hall–Kier alpha value is -2.63. The van der Waals surface area contributed by atoms with E-state index in [9.17, 15) is 9.82 Å². The van der Waals surface area contributed by atoms with E-state index >= 15 is 0 Å². The van der Waals surface area contributed by atoms with E-state index in [1.165, 1.54) is 0 Å². The maximum atomic E-state index is 12.2. The van der Waals surface area contributed by atoms with Gasteiger partial charge in [-0.2, -0.15) is 5.26 Å². The summed E-state index contributed by atoms with van der Waals surface area (Å²) in [5.41, 5.74) is 2.54. The molecule has 26 heavy (non-hydrogen) atoms. The monoisotopic (exact) mass is 350 g/mol. The van der Waals surface area contributed by atoms with E-state index in [-0.39, 0.29) is 30.2 Å². The van der Waals surface area contributed by atoms with Gasteiger partial charge in [0.15, 0.2) is 5.78 Å². The molecular formula is C18H19BN4O3. The summed E-state index contributed by atoms with van der Waals surface area (Å²) < 4.78 is 5.54. The molecule has 0 radical (unpaired) electrons. The van der Waals surface area contributed by atoms with Crippen molar-refractivity contribution in [2.24, 2.45) is 5.92 Å². The molecule has 0 spiro atoms. The smallest absolute Gasteiger partial charge is 0.531 e. The molecule has 1 unspecified atom stereocenters. The van der Waals surface area contributed by atoms with Crippen LogP contribution < -0.4 is 9.97 Å². The third-order valence-electron chi connectivity index (χ3n) is 5.25. The van der Waals surface area contributed by atoms with E-state index < -0.39 is 7.12 Å². The van der Waals surface area contributed by atoms with Gasteiger partial charge in [-0.15, -0.1) is 0 Å². The fraction of sp³-hybridized carbons (Fsp3) is 0.389. The molecule has 4 rings (SSSR count). The number of carbonyl (C=O) groups excluding carboxylic acids is 1. The average Bonchev–Trinajstić information content (AvgIpc) is 3.10. The highest BCUT2D eigenvalue weighted by Gasteiger charge is 2.37. The SMILES string of the molecule is C[C@@H]1CCC(C(=O)CC#N)N[C@@H]1C1=CB(O)Oc2cnc3[nH]ccc3c21. The van der Waals surface area contributed by atoms with Crippen LogP contribution in [0.15, 0.2) is 24.4 Å². The number of pyridine rings is 1. The number of aromatic amines is 1. The van der Waals surface area contributed by atoms with E-state index in [0.29, 0.717) is 12.2 Å². The second kappa shape index (κ2) is 6.59. The Morgan fingerprint density at radius 1 is 1.54 bits per heavy atom. The van der Waals surface area contributed by atoms with Gasteiger partial charge in [0, 0.05) is 23.2 Å². The normalized spacial score (nSPS) is 25.2. The second-order valence-electron chi connectivity index (χ2n) is 6.92. The lowest BCUT2D eigenvalue weighted by Crippen LogP contribution is -2.51. The molecule has 8 heteroatoms. The van der Waals surface area contributed by atoms with Crippen molar-refractivity contribution in [3.63, 3.8) is 0 Å². The third-order valence-corrected chi connectivity index (χ3v) is 5.25. The van der Waals surface area contributed by atoms with Crippen molar-refractivity contribution in [1.29, 1.82) is 5.26 Å². The van der Waals surface area contributed by atoms with Crippen LogP contribution in [0.5, 0.6) is 5.75 Å². The lowest BCUT2D eigenvalue weighted by molar-refractivity contribution is -0.121. The van der Waals surface area contributed by atoms with Crippen molar-refractivity contribution >= 4 is 29.5 Å². The van der Waals surface area contributed by atoms with Crippen molar-refractivity contribution in [3.05, 3.63) is 30.0 Å². The number of hydrogen-bond donors (Lipinski definition) is 3. The summed E-state index contributed by atoms with van der Waals surface area (Å²) in [6.07, 6.45) is 4.91. The molecule has 3 atom stereocenters. The first-order chi connectivity index (χ1) is 12.6. The van der Waals surface area contributed by atoms with Crippen LogP contribution >= 0.6 is 0 Å². The molecular weight excluding hydrogens is 331 g/mol. The van der Waals surface area contributed by atoms with Gasteiger partial charge in [0.05, 0.1) is 24.7 Å². The predicted molar refractivity (Wildman–Crippen MR) is 97.0 cm³/mol. The first-order valence-corrected chi connectivity index (χ1v) is 8.77. The van der Waals surface area contributed by atoms with Crippen molar-refractivity contribution in [3.8, 4) is 11.8 Å². The van der Waals surface area contributed by atoms with Crippen LogP contribution in [0.2, 0.25) is 0 Å². The number of aromatic nitrogens is 2. The highest BCUT2D eigenvalue weighted by Crippen LogP contribution is 2.40. The van der Waals surface area contributed by atoms with E-state index in [1.54, 1.807) is 12.2 Å². The zero-order valence-electron chi connectivity index (χ0n) is 14.4. The van der Waals surface area contributed by atoms with Gasteiger partial charge in [-0.25, -0.2) is 4.98 Å². The zero-order valence-corrected chi connectivity index (χ0v) is 14.4. The highest BCUT2D eigenvalue weighted by molar-refractivity contribution is 6.52. The average molecular weight is 350 g/mol. The van der Waals surface area contributed by atoms with Gasteiger partial charge < -0.3 is 20.0 Å². The van der Waals surface area contributed by atoms with E-state index in [1.807, 2.05) is 18.3 Å². The molecule has 7 nitrogen and oxygen atoms in total. The summed E-state index contributed by atoms with van der Waals surface area (Å²) in [6, 6.07) is 3.41. The number of nitrogens with one attached hydrogen (secondary N) is 2. The van der Waals surface area contributed by atoms with Crippen molar-refractivity contribution < 1.29 is 14.5 Å². The molecule has 2 aromatic heterocycles. The van der Waals surface area contributed by atoms with Crippen LogP contribution in [-0.2, 0) is 4.79 Å². The first-order valence-electron chi connectivity index (χ1n) is 8.77. The number of rotatable bonds is 3. The van der Waals surface area contributed by atoms with E-state index in [4.69, 9.17) is 9.92 Å². The molecule has 0 aromatic carbocycles. The number of H-pyrrole nitrogens is 1. The molecule has 2 aromatic rings. The second-order valence-corrected chi connectivity index (χ2v) is 6.92. The standard InChI is InChI=1S/C18H19BN4O3/c1-10-2-3-13(14(24)4-6-20)23-17(10)12-8-19(25)26-15-9-22-18-11(16(12)15)5-7-21-18/h5,7-10,13,17,23,25H,2-4H2,1H3,(H,21,22)/t10-,13?,17+/m1/s1. The molecule has 2 aliphatic rings. The Morgan fingerprint density at radius 3 is 3.19 bits per heavy atom. The molecule has 0 aliphatic carbocycles. The van der Waals surface area contributed by atoms with Crippen LogP contribution in [-0.4, -0.2) is 40.0 Å². The van der Waals surface area contributed by atoms with Gasteiger partial charge in [-0.1, -0.05) is 6.92 Å². The largest absolute Gasteiger partial charge is 0.552 e. The third kappa shape index (κ3) is 2.79. The minimum absolute atomic E-state index is 0.0839. The topological polar surface area (TPSA) is 111 Å². The Kier molecular flexibility index (Phi) is 4.27. The fourth-order valence-corrected chi connectivity index (χ4v) is 3.95. The van der Waals surface area contributed by atoms with Crippen molar-refractivity contribution in [2.45, 2.75) is 38.3 Å². The number of hydrogen-bond acceptors (Lipinski definition) is 6. The van der Waals surface area contributed by atoms with Gasteiger partial charge >= 0.3 is 7.12 Å². The maximum Gasteiger partial charge on any atom is 0.552 e. The lowest BCUT2D eigenvalue weighted by Gasteiger charge is -2.38. The Labute approximate surface area is 151 Å². The Balaban J connectivity index is 1.75. The van der Waals surface area contributed by atoms with Crippen LogP contribution in [0.4, 0.5) is 0 Å². The number of carbonyl (C=O) groups is 1. The number of nitrogens with zero attached hydrogens (tertiary/aromatic N) is 2. The van der Waals surface area contributed by atoms with Gasteiger partial charge in [0.1, 0.15) is 11.4 Å². The molecule has 0 bridgehead atoms. The molecule has 4 heterocycles. The van der Waals surface area contributed by atoms with Crippen molar-refractivity contribution in [2.75, 3.05) is 0 Å². The van der Waals surface area contributed by atoms with Gasteiger partial charge in [-0.05, 0) is 36.4 Å². The number of nitriles is 1. The summed E-state index contributed by atoms with van der Waals surface area (Å²) in [5, 5.41) is 23.3. The number of ketones is 1. The van der Waals surface area contributed by atoms with Gasteiger partial charge in [-0.3, -0.25) is 4.79 Å². The van der Waals surface area contributed by atoms with Crippen LogP contribution in [0.3, 0.4) is 0 Å². The van der Waals surface area contributed by atoms with Crippen LogP contribution in [0.1, 0.15) is 31.7 Å². The number of piperidine rings is 1. The predicted octanol–water partition coefficient (Wildman–Crippen LogP) is 1.60. The molecule has 2 aliphatic heterocycles. The first kappa shape index (κ1) is 16.8. The summed E-state index contributed by atoms with van der Waals surface area (Å²) >= 11 is 0. The number of fused-ring (bicyclic) bond motifs is 3. The Morgan fingerprint density at radius 2 is 2.38 bits per heavy atom. The van der Waals surface area contributed by atoms with Crippen LogP contribution in [0.25, 0.3) is 16.6 Å². The molecule has 0 amide bonds. The highest BCUT2D eigenvalue weighted by atomic mass is 16.5. The van der Waals surface area contributed by atoms with E-state index in [2.05, 4.69) is 22.2 Å².